The van der Waals surface area contributed by atoms with Gasteiger partial charge in [0, 0.05) is 37.0 Å². The van der Waals surface area contributed by atoms with Gasteiger partial charge in [-0.25, -0.2) is 14.4 Å². The molecule has 2 aromatic heterocycles. The lowest BCUT2D eigenvalue weighted by Crippen LogP contribution is -2.18. The van der Waals surface area contributed by atoms with Crippen LogP contribution in [0.15, 0.2) is 54.9 Å². The van der Waals surface area contributed by atoms with Crippen LogP contribution in [0, 0.1) is 5.82 Å². The minimum atomic E-state index is -0.363. The van der Waals surface area contributed by atoms with Gasteiger partial charge >= 0.3 is 0 Å². The predicted molar refractivity (Wildman–Crippen MR) is 104 cm³/mol. The Morgan fingerprint density at radius 2 is 1.93 bits per heavy atom. The molecule has 0 aliphatic rings. The zero-order valence-electron chi connectivity index (χ0n) is 15.6. The molecule has 0 fully saturated rings. The molecule has 0 saturated heterocycles. The minimum absolute atomic E-state index is 0.363. The molecule has 140 valence electrons. The zero-order chi connectivity index (χ0) is 19.2. The monoisotopic (exact) mass is 367 g/mol. The van der Waals surface area contributed by atoms with Crippen molar-refractivity contribution < 1.29 is 13.9 Å². The summed E-state index contributed by atoms with van der Waals surface area (Å²) in [5, 5.41) is 0. The van der Waals surface area contributed by atoms with E-state index in [1.54, 1.807) is 24.5 Å². The summed E-state index contributed by atoms with van der Waals surface area (Å²) in [6.07, 6.45) is 4.36. The first-order valence-electron chi connectivity index (χ1n) is 8.76. The van der Waals surface area contributed by atoms with Crippen molar-refractivity contribution in [1.29, 1.82) is 0 Å². The predicted octanol–water partition coefficient (Wildman–Crippen LogP) is 4.93. The second kappa shape index (κ2) is 8.49. The summed E-state index contributed by atoms with van der Waals surface area (Å²) in [6, 6.07) is 11.8. The van der Waals surface area contributed by atoms with Crippen molar-refractivity contribution in [1.82, 2.24) is 9.97 Å². The quantitative estimate of drug-likeness (QED) is 0.593. The molecule has 27 heavy (non-hydrogen) atoms. The Labute approximate surface area is 158 Å². The van der Waals surface area contributed by atoms with Crippen LogP contribution in [0.4, 0.5) is 10.2 Å². The lowest BCUT2D eigenvalue weighted by molar-refractivity contribution is 0.412. The Morgan fingerprint density at radius 3 is 2.63 bits per heavy atom. The number of hydrogen-bond donors (Lipinski definition) is 0. The van der Waals surface area contributed by atoms with E-state index in [0.717, 1.165) is 18.8 Å². The molecule has 0 aliphatic carbocycles. The Balaban J connectivity index is 1.89. The molecule has 0 saturated carbocycles. The summed E-state index contributed by atoms with van der Waals surface area (Å²) in [5.74, 6) is 1.91. The number of anilines is 1. The van der Waals surface area contributed by atoms with E-state index in [2.05, 4.69) is 21.8 Å². The van der Waals surface area contributed by atoms with Crippen LogP contribution in [0.5, 0.6) is 17.4 Å². The van der Waals surface area contributed by atoms with E-state index < -0.39 is 0 Å². The van der Waals surface area contributed by atoms with E-state index in [1.165, 1.54) is 19.2 Å². The number of aromatic nitrogens is 2. The summed E-state index contributed by atoms with van der Waals surface area (Å²) in [5.41, 5.74) is 1.41. The van der Waals surface area contributed by atoms with E-state index in [9.17, 15) is 4.39 Å². The van der Waals surface area contributed by atoms with E-state index in [1.807, 2.05) is 25.2 Å². The molecule has 6 heteroatoms. The van der Waals surface area contributed by atoms with Crippen LogP contribution < -0.4 is 14.4 Å². The molecule has 0 radical (unpaired) electrons. The van der Waals surface area contributed by atoms with E-state index in [4.69, 9.17) is 9.47 Å². The summed E-state index contributed by atoms with van der Waals surface area (Å²) in [6.45, 7) is 3.06. The highest BCUT2D eigenvalue weighted by atomic mass is 19.1. The van der Waals surface area contributed by atoms with Crippen molar-refractivity contribution in [3.05, 3.63) is 60.7 Å². The second-order valence-corrected chi connectivity index (χ2v) is 6.08. The average Bonchev–Trinajstić information content (AvgIpc) is 2.69. The van der Waals surface area contributed by atoms with E-state index in [0.29, 0.717) is 28.5 Å². The molecule has 0 N–H and O–H groups in total. The Bertz CT molecular complexity index is 900. The molecule has 1 aromatic carbocycles. The third-order valence-corrected chi connectivity index (χ3v) is 4.11. The first kappa shape index (κ1) is 18.6. The molecule has 2 heterocycles. The summed E-state index contributed by atoms with van der Waals surface area (Å²) in [4.78, 5) is 10.8. The summed E-state index contributed by atoms with van der Waals surface area (Å²) in [7, 11) is 3.51. The Kier molecular flexibility index (Phi) is 5.86. The maximum atomic E-state index is 13.5. The van der Waals surface area contributed by atoms with Crippen molar-refractivity contribution >= 4 is 5.82 Å². The van der Waals surface area contributed by atoms with Gasteiger partial charge in [-0.1, -0.05) is 6.92 Å². The molecule has 0 aliphatic heterocycles. The molecule has 0 bridgehead atoms. The molecule has 3 rings (SSSR count). The Morgan fingerprint density at radius 1 is 1.07 bits per heavy atom. The zero-order valence-corrected chi connectivity index (χ0v) is 15.6. The van der Waals surface area contributed by atoms with Gasteiger partial charge in [-0.3, -0.25) is 0 Å². The van der Waals surface area contributed by atoms with Crippen LogP contribution in [0.1, 0.15) is 13.3 Å². The fourth-order valence-corrected chi connectivity index (χ4v) is 2.78. The second-order valence-electron chi connectivity index (χ2n) is 6.08. The van der Waals surface area contributed by atoms with Gasteiger partial charge < -0.3 is 14.4 Å². The van der Waals surface area contributed by atoms with Gasteiger partial charge in [0.2, 0.25) is 5.88 Å². The average molecular weight is 367 g/mol. The standard InChI is InChI=1S/C21H22FN3O2/c1-4-12-25(2)20-10-8-16(14-24-20)27-21-18(6-5-11-23-21)17-9-7-15(22)13-19(17)26-3/h5-11,13-14H,4,12H2,1-3H3. The van der Waals surface area contributed by atoms with Gasteiger partial charge in [0.1, 0.15) is 23.1 Å². The van der Waals surface area contributed by atoms with Crippen molar-refractivity contribution in [3.8, 4) is 28.5 Å². The van der Waals surface area contributed by atoms with Crippen molar-refractivity contribution in [2.75, 3.05) is 25.6 Å². The van der Waals surface area contributed by atoms with Crippen molar-refractivity contribution in [2.45, 2.75) is 13.3 Å². The van der Waals surface area contributed by atoms with Crippen LogP contribution in [0.2, 0.25) is 0 Å². The van der Waals surface area contributed by atoms with Gasteiger partial charge in [-0.2, -0.15) is 0 Å². The normalized spacial score (nSPS) is 10.5. The number of methoxy groups -OCH3 is 1. The van der Waals surface area contributed by atoms with Crippen LogP contribution in [0.25, 0.3) is 11.1 Å². The number of pyridine rings is 2. The number of rotatable bonds is 7. The maximum absolute atomic E-state index is 13.5. The number of ether oxygens (including phenoxy) is 2. The summed E-state index contributed by atoms with van der Waals surface area (Å²) < 4.78 is 24.8. The lowest BCUT2D eigenvalue weighted by atomic mass is 10.1. The number of nitrogens with zero attached hydrogens (tertiary/aromatic N) is 3. The number of benzene rings is 1. The molecular formula is C21H22FN3O2. The van der Waals surface area contributed by atoms with Crippen LogP contribution in [-0.2, 0) is 0 Å². The van der Waals surface area contributed by atoms with Crippen molar-refractivity contribution in [3.63, 3.8) is 0 Å². The Hall–Kier alpha value is -3.15. The molecule has 3 aromatic rings. The minimum Gasteiger partial charge on any atom is -0.496 e. The van der Waals surface area contributed by atoms with Gasteiger partial charge in [0.05, 0.1) is 13.3 Å². The fraction of sp³-hybridized carbons (Fsp3) is 0.238. The smallest absolute Gasteiger partial charge is 0.227 e. The first-order chi connectivity index (χ1) is 13.1. The van der Waals surface area contributed by atoms with Crippen LogP contribution >= 0.6 is 0 Å². The summed E-state index contributed by atoms with van der Waals surface area (Å²) >= 11 is 0. The largest absolute Gasteiger partial charge is 0.496 e. The highest BCUT2D eigenvalue weighted by Gasteiger charge is 2.14. The first-order valence-corrected chi connectivity index (χ1v) is 8.76. The molecule has 0 spiro atoms. The van der Waals surface area contributed by atoms with Gasteiger partial charge in [-0.15, -0.1) is 0 Å². The van der Waals surface area contributed by atoms with Gasteiger partial charge in [0.15, 0.2) is 0 Å². The number of halogens is 1. The maximum Gasteiger partial charge on any atom is 0.227 e. The third kappa shape index (κ3) is 4.34. The topological polar surface area (TPSA) is 47.5 Å². The van der Waals surface area contributed by atoms with E-state index >= 15 is 0 Å². The molecule has 0 amide bonds. The molecular weight excluding hydrogens is 345 g/mol. The van der Waals surface area contributed by atoms with Gasteiger partial charge in [0.25, 0.3) is 0 Å². The van der Waals surface area contributed by atoms with E-state index in [-0.39, 0.29) is 5.82 Å². The molecule has 0 atom stereocenters. The molecule has 5 nitrogen and oxygen atoms in total. The highest BCUT2D eigenvalue weighted by molar-refractivity contribution is 5.74. The SMILES string of the molecule is CCCN(C)c1ccc(Oc2ncccc2-c2ccc(F)cc2OC)cn1. The fourth-order valence-electron chi connectivity index (χ4n) is 2.78. The number of hydrogen-bond acceptors (Lipinski definition) is 5. The van der Waals surface area contributed by atoms with Gasteiger partial charge in [-0.05, 0) is 42.8 Å². The third-order valence-electron chi connectivity index (χ3n) is 4.11. The van der Waals surface area contributed by atoms with Crippen LogP contribution in [-0.4, -0.2) is 30.7 Å². The van der Waals surface area contributed by atoms with Crippen LogP contribution in [0.3, 0.4) is 0 Å². The lowest BCUT2D eigenvalue weighted by Gasteiger charge is -2.17. The highest BCUT2D eigenvalue weighted by Crippen LogP contribution is 2.37. The van der Waals surface area contributed by atoms with Crippen molar-refractivity contribution in [2.24, 2.45) is 0 Å². The molecule has 0 unspecified atom stereocenters.